The molecule has 2 aromatic heterocycles. The van der Waals surface area contributed by atoms with E-state index in [9.17, 15) is 4.79 Å². The molecule has 0 saturated heterocycles. The molecule has 128 valence electrons. The number of aromatic amines is 1. The molecule has 4 aromatic rings. The lowest BCUT2D eigenvalue weighted by Crippen LogP contribution is -2.19. The lowest BCUT2D eigenvalue weighted by Gasteiger charge is -2.00. The number of fused-ring (bicyclic) bond motifs is 1. The van der Waals surface area contributed by atoms with E-state index in [2.05, 4.69) is 26.8 Å². The van der Waals surface area contributed by atoms with Crippen LogP contribution >= 0.6 is 0 Å². The van der Waals surface area contributed by atoms with Gasteiger partial charge in [0.05, 0.1) is 12.0 Å². The van der Waals surface area contributed by atoms with Crippen LogP contribution in [0.4, 0.5) is 0 Å². The third kappa shape index (κ3) is 3.12. The summed E-state index contributed by atoms with van der Waals surface area (Å²) in [6.45, 7) is 1.76. The molecule has 6 heteroatoms. The Morgan fingerprint density at radius 2 is 1.92 bits per heavy atom. The van der Waals surface area contributed by atoms with E-state index in [0.29, 0.717) is 22.9 Å². The Morgan fingerprint density at radius 1 is 1.08 bits per heavy atom. The third-order valence-corrected chi connectivity index (χ3v) is 4.07. The monoisotopic (exact) mass is 344 g/mol. The summed E-state index contributed by atoms with van der Waals surface area (Å²) in [4.78, 5) is 12.3. The van der Waals surface area contributed by atoms with Gasteiger partial charge in [0, 0.05) is 5.56 Å². The van der Waals surface area contributed by atoms with Gasteiger partial charge in [0.1, 0.15) is 17.2 Å². The van der Waals surface area contributed by atoms with Crippen molar-refractivity contribution in [2.75, 3.05) is 0 Å². The normalized spacial score (nSPS) is 11.7. The number of hydrazone groups is 1. The number of amides is 1. The summed E-state index contributed by atoms with van der Waals surface area (Å²) in [6, 6.07) is 19.4. The van der Waals surface area contributed by atoms with Crippen molar-refractivity contribution in [3.05, 3.63) is 78.4 Å². The van der Waals surface area contributed by atoms with Gasteiger partial charge < -0.3 is 4.42 Å². The molecule has 0 saturated carbocycles. The summed E-state index contributed by atoms with van der Waals surface area (Å²) >= 11 is 0. The fraction of sp³-hybridized carbons (Fsp3) is 0.0500. The van der Waals surface area contributed by atoms with Gasteiger partial charge >= 0.3 is 0 Å². The molecule has 2 aromatic carbocycles. The van der Waals surface area contributed by atoms with E-state index in [1.165, 1.54) is 0 Å². The number of hydrogen-bond acceptors (Lipinski definition) is 4. The van der Waals surface area contributed by atoms with E-state index >= 15 is 0 Å². The second kappa shape index (κ2) is 6.68. The number of carbonyl (C=O) groups excluding carboxylic acids is 1. The molecule has 4 rings (SSSR count). The Hall–Kier alpha value is -3.67. The predicted molar refractivity (Wildman–Crippen MR) is 99.9 cm³/mol. The number of rotatable bonds is 4. The highest BCUT2D eigenvalue weighted by molar-refractivity contribution is 5.99. The van der Waals surface area contributed by atoms with Crippen molar-refractivity contribution in [3.8, 4) is 11.3 Å². The van der Waals surface area contributed by atoms with Gasteiger partial charge in [-0.1, -0.05) is 36.4 Å². The Morgan fingerprint density at radius 3 is 2.73 bits per heavy atom. The SMILES string of the molecule is CC(=NNC(=O)c1cc(-c2ccc3ccccc3c2)n[nH]1)c1ccco1. The van der Waals surface area contributed by atoms with Crippen LogP contribution in [0, 0.1) is 0 Å². The van der Waals surface area contributed by atoms with Gasteiger partial charge in [-0.25, -0.2) is 5.43 Å². The number of aromatic nitrogens is 2. The first-order valence-electron chi connectivity index (χ1n) is 8.14. The summed E-state index contributed by atoms with van der Waals surface area (Å²) in [5.41, 5.74) is 5.06. The van der Waals surface area contributed by atoms with Crippen molar-refractivity contribution in [3.63, 3.8) is 0 Å². The average Bonchev–Trinajstić information content (AvgIpc) is 3.37. The van der Waals surface area contributed by atoms with Crippen LogP contribution in [-0.4, -0.2) is 21.8 Å². The van der Waals surface area contributed by atoms with Gasteiger partial charge in [-0.2, -0.15) is 10.2 Å². The van der Waals surface area contributed by atoms with E-state index < -0.39 is 0 Å². The molecule has 1 amide bonds. The first-order chi connectivity index (χ1) is 12.7. The topological polar surface area (TPSA) is 83.3 Å². The van der Waals surface area contributed by atoms with Crippen molar-refractivity contribution in [2.24, 2.45) is 5.10 Å². The van der Waals surface area contributed by atoms with Crippen LogP contribution < -0.4 is 5.43 Å². The molecule has 0 atom stereocenters. The van der Waals surface area contributed by atoms with Crippen LogP contribution in [0.2, 0.25) is 0 Å². The van der Waals surface area contributed by atoms with Gasteiger partial charge in [-0.15, -0.1) is 0 Å². The average molecular weight is 344 g/mol. The minimum absolute atomic E-state index is 0.337. The Kier molecular flexibility index (Phi) is 4.07. The van der Waals surface area contributed by atoms with Crippen LogP contribution in [0.25, 0.3) is 22.0 Å². The van der Waals surface area contributed by atoms with Crippen LogP contribution in [0.3, 0.4) is 0 Å². The van der Waals surface area contributed by atoms with Gasteiger partial charge in [0.2, 0.25) is 0 Å². The second-order valence-electron chi connectivity index (χ2n) is 5.84. The lowest BCUT2D eigenvalue weighted by molar-refractivity contribution is 0.0950. The van der Waals surface area contributed by atoms with E-state index in [1.807, 2.05) is 36.4 Å². The van der Waals surface area contributed by atoms with Crippen LogP contribution in [0.15, 0.2) is 76.4 Å². The Bertz CT molecular complexity index is 1090. The highest BCUT2D eigenvalue weighted by Gasteiger charge is 2.11. The first kappa shape index (κ1) is 15.8. The number of carbonyl (C=O) groups is 1. The summed E-state index contributed by atoms with van der Waals surface area (Å²) in [6.07, 6.45) is 1.56. The second-order valence-corrected chi connectivity index (χ2v) is 5.84. The van der Waals surface area contributed by atoms with E-state index in [1.54, 1.807) is 31.4 Å². The minimum atomic E-state index is -0.365. The molecule has 0 bridgehead atoms. The fourth-order valence-electron chi connectivity index (χ4n) is 2.67. The molecule has 0 spiro atoms. The maximum atomic E-state index is 12.3. The number of H-pyrrole nitrogens is 1. The quantitative estimate of drug-likeness (QED) is 0.434. The summed E-state index contributed by atoms with van der Waals surface area (Å²) < 4.78 is 5.23. The predicted octanol–water partition coefficient (Wildman–Crippen LogP) is 3.98. The van der Waals surface area contributed by atoms with Gasteiger partial charge in [-0.3, -0.25) is 9.89 Å². The van der Waals surface area contributed by atoms with Crippen molar-refractivity contribution in [1.29, 1.82) is 0 Å². The first-order valence-corrected chi connectivity index (χ1v) is 8.14. The molecule has 2 N–H and O–H groups in total. The molecule has 0 aliphatic heterocycles. The van der Waals surface area contributed by atoms with Crippen molar-refractivity contribution in [1.82, 2.24) is 15.6 Å². The third-order valence-electron chi connectivity index (χ3n) is 4.07. The van der Waals surface area contributed by atoms with Crippen molar-refractivity contribution in [2.45, 2.75) is 6.92 Å². The molecular formula is C20H16N4O2. The number of nitrogens with one attached hydrogen (secondary N) is 2. The van der Waals surface area contributed by atoms with Crippen LogP contribution in [0.5, 0.6) is 0 Å². The van der Waals surface area contributed by atoms with Crippen LogP contribution in [0.1, 0.15) is 23.2 Å². The molecule has 0 aliphatic rings. The zero-order chi connectivity index (χ0) is 17.9. The summed E-state index contributed by atoms with van der Waals surface area (Å²) in [7, 11) is 0. The van der Waals surface area contributed by atoms with Crippen molar-refractivity contribution < 1.29 is 9.21 Å². The molecule has 0 unspecified atom stereocenters. The Balaban J connectivity index is 1.53. The molecule has 6 nitrogen and oxygen atoms in total. The fourth-order valence-corrected chi connectivity index (χ4v) is 2.67. The van der Waals surface area contributed by atoms with E-state index in [0.717, 1.165) is 16.3 Å². The molecule has 26 heavy (non-hydrogen) atoms. The van der Waals surface area contributed by atoms with Gasteiger partial charge in [-0.05, 0) is 42.0 Å². The Labute approximate surface area is 149 Å². The van der Waals surface area contributed by atoms with E-state index in [-0.39, 0.29) is 5.91 Å². The zero-order valence-electron chi connectivity index (χ0n) is 14.1. The van der Waals surface area contributed by atoms with Crippen LogP contribution in [-0.2, 0) is 0 Å². The molecule has 2 heterocycles. The maximum absolute atomic E-state index is 12.3. The summed E-state index contributed by atoms with van der Waals surface area (Å²) in [5, 5.41) is 13.3. The lowest BCUT2D eigenvalue weighted by atomic mass is 10.1. The zero-order valence-corrected chi connectivity index (χ0v) is 14.1. The highest BCUT2D eigenvalue weighted by Crippen LogP contribution is 2.23. The summed E-state index contributed by atoms with van der Waals surface area (Å²) in [5.74, 6) is 0.238. The van der Waals surface area contributed by atoms with E-state index in [4.69, 9.17) is 4.42 Å². The highest BCUT2D eigenvalue weighted by atomic mass is 16.3. The maximum Gasteiger partial charge on any atom is 0.289 e. The molecule has 0 fully saturated rings. The smallest absolute Gasteiger partial charge is 0.289 e. The number of furan rings is 1. The molecular weight excluding hydrogens is 328 g/mol. The number of hydrogen-bond donors (Lipinski definition) is 2. The van der Waals surface area contributed by atoms with Crippen molar-refractivity contribution >= 4 is 22.4 Å². The minimum Gasteiger partial charge on any atom is -0.463 e. The molecule has 0 radical (unpaired) electrons. The largest absolute Gasteiger partial charge is 0.463 e. The standard InChI is InChI=1S/C20H16N4O2/c1-13(19-7-4-10-26-19)21-24-20(25)18-12-17(22-23-18)16-9-8-14-5-2-3-6-15(14)11-16/h2-12H,1H3,(H,22,23)(H,24,25). The number of benzene rings is 2. The van der Waals surface area contributed by atoms with Gasteiger partial charge in [0.25, 0.3) is 5.91 Å². The molecule has 0 aliphatic carbocycles. The number of nitrogens with zero attached hydrogens (tertiary/aromatic N) is 2. The van der Waals surface area contributed by atoms with Gasteiger partial charge in [0.15, 0.2) is 0 Å².